The van der Waals surface area contributed by atoms with Crippen molar-refractivity contribution < 1.29 is 8.78 Å². The number of pyridine rings is 1. The molecule has 6 rings (SSSR count). The first-order valence-corrected chi connectivity index (χ1v) is 13.7. The van der Waals surface area contributed by atoms with Crippen LogP contribution < -0.4 is 15.5 Å². The van der Waals surface area contributed by atoms with Crippen LogP contribution in [0.5, 0.6) is 0 Å². The quantitative estimate of drug-likeness (QED) is 0.308. The van der Waals surface area contributed by atoms with Crippen LogP contribution in [-0.2, 0) is 0 Å². The summed E-state index contributed by atoms with van der Waals surface area (Å²) in [5.74, 6) is -0.313. The number of piperidine rings is 1. The van der Waals surface area contributed by atoms with Crippen molar-refractivity contribution in [3.8, 4) is 11.3 Å². The number of nitrogens with zero attached hydrogens (tertiary/aromatic N) is 6. The molecule has 0 aliphatic carbocycles. The molecule has 0 saturated carbocycles. The van der Waals surface area contributed by atoms with E-state index in [1.165, 1.54) is 6.07 Å². The number of aromatic nitrogens is 4. The van der Waals surface area contributed by atoms with E-state index in [1.807, 2.05) is 39.0 Å². The Balaban J connectivity index is 1.26. The molecule has 2 aliphatic heterocycles. The van der Waals surface area contributed by atoms with Crippen molar-refractivity contribution in [3.05, 3.63) is 54.4 Å². The molecule has 0 amide bonds. The zero-order valence-corrected chi connectivity index (χ0v) is 22.7. The van der Waals surface area contributed by atoms with Crippen molar-refractivity contribution in [2.24, 2.45) is 0 Å². The lowest BCUT2D eigenvalue weighted by Gasteiger charge is -2.32. The minimum atomic E-state index is -0.621. The summed E-state index contributed by atoms with van der Waals surface area (Å²) in [6.45, 7) is 11.6. The standard InChI is InChI=1S/C29H34F2N8/c1-5-37-11-8-20(9-12-37)38-13-10-23-24(38)6-7-26(34-23)35-29-32-16-22(31)27(36-29)19-14-21(30)28-25(15-19)39(17(2)3)18(4)33-28/h6-7,10,13-18,20,33H,5,8-9,11-12H2,1-4H3,(H,32,34,35,36). The molecule has 2 aliphatic rings. The normalized spacial score (nSPS) is 18.1. The van der Waals surface area contributed by atoms with Crippen LogP contribution in [0.25, 0.3) is 22.3 Å². The van der Waals surface area contributed by atoms with Crippen molar-refractivity contribution in [1.29, 1.82) is 0 Å². The van der Waals surface area contributed by atoms with E-state index in [9.17, 15) is 4.39 Å². The largest absolute Gasteiger partial charge is 0.361 e. The molecule has 1 saturated heterocycles. The van der Waals surface area contributed by atoms with Gasteiger partial charge in [-0.1, -0.05) is 6.92 Å². The Hall–Kier alpha value is -3.79. The molecule has 10 heteroatoms. The van der Waals surface area contributed by atoms with Crippen LogP contribution in [0.1, 0.15) is 46.6 Å². The van der Waals surface area contributed by atoms with E-state index in [0.717, 1.165) is 49.7 Å². The third-order valence-electron chi connectivity index (χ3n) is 7.90. The van der Waals surface area contributed by atoms with Crippen LogP contribution in [0.15, 0.2) is 42.7 Å². The molecular formula is C29H34F2N8. The number of likely N-dealkylation sites (tertiary alicyclic amines) is 1. The second-order valence-electron chi connectivity index (χ2n) is 10.7. The van der Waals surface area contributed by atoms with Gasteiger partial charge in [-0.3, -0.25) is 0 Å². The molecule has 204 valence electrons. The SMILES string of the molecule is CCN1CCC(n2ccc3nc(Nc4ncc(F)c(-c5cc(F)c6c(c5)N(C(C)C)C(C)N6)n4)ccc32)CC1. The topological polar surface area (TPSA) is 74.1 Å². The fraction of sp³-hybridized carbons (Fsp3) is 0.414. The highest BCUT2D eigenvalue weighted by Gasteiger charge is 2.31. The Kier molecular flexibility index (Phi) is 6.58. The fourth-order valence-electron chi connectivity index (χ4n) is 5.97. The molecule has 0 bridgehead atoms. The van der Waals surface area contributed by atoms with E-state index >= 15 is 4.39 Å². The van der Waals surface area contributed by atoms with Gasteiger partial charge in [0.1, 0.15) is 17.3 Å². The number of hydrogen-bond donors (Lipinski definition) is 2. The highest BCUT2D eigenvalue weighted by Crippen LogP contribution is 2.41. The zero-order chi connectivity index (χ0) is 27.3. The van der Waals surface area contributed by atoms with Crippen molar-refractivity contribution in [2.75, 3.05) is 35.2 Å². The minimum Gasteiger partial charge on any atom is -0.361 e. The summed E-state index contributed by atoms with van der Waals surface area (Å²) in [6, 6.07) is 9.65. The number of rotatable bonds is 6. The number of nitrogens with one attached hydrogen (secondary N) is 2. The lowest BCUT2D eigenvalue weighted by molar-refractivity contribution is 0.197. The zero-order valence-electron chi connectivity index (χ0n) is 22.7. The van der Waals surface area contributed by atoms with Crippen LogP contribution in [-0.4, -0.2) is 56.3 Å². The van der Waals surface area contributed by atoms with Gasteiger partial charge in [0, 0.05) is 36.9 Å². The lowest BCUT2D eigenvalue weighted by Crippen LogP contribution is -2.38. The molecule has 1 fully saturated rings. The van der Waals surface area contributed by atoms with E-state index in [4.69, 9.17) is 4.98 Å². The number of hydrogen-bond acceptors (Lipinski definition) is 7. The summed E-state index contributed by atoms with van der Waals surface area (Å²) in [5.41, 5.74) is 3.46. The Morgan fingerprint density at radius 3 is 2.62 bits per heavy atom. The maximum absolute atomic E-state index is 15.1. The molecule has 4 aromatic rings. The summed E-state index contributed by atoms with van der Waals surface area (Å²) in [6.07, 6.45) is 5.39. The summed E-state index contributed by atoms with van der Waals surface area (Å²) in [5, 5.41) is 6.28. The van der Waals surface area contributed by atoms with E-state index in [-0.39, 0.29) is 23.8 Å². The molecule has 0 radical (unpaired) electrons. The second kappa shape index (κ2) is 10.1. The average molecular weight is 533 g/mol. The molecule has 1 aromatic carbocycles. The number of halogens is 2. The van der Waals surface area contributed by atoms with Crippen molar-refractivity contribution in [1.82, 2.24) is 24.4 Å². The molecule has 1 unspecified atom stereocenters. The Morgan fingerprint density at radius 2 is 1.87 bits per heavy atom. The van der Waals surface area contributed by atoms with Gasteiger partial charge in [-0.25, -0.2) is 23.7 Å². The third-order valence-corrected chi connectivity index (χ3v) is 7.90. The first-order valence-electron chi connectivity index (χ1n) is 13.7. The molecule has 39 heavy (non-hydrogen) atoms. The van der Waals surface area contributed by atoms with E-state index < -0.39 is 11.6 Å². The van der Waals surface area contributed by atoms with Crippen molar-refractivity contribution >= 4 is 34.2 Å². The maximum Gasteiger partial charge on any atom is 0.229 e. The molecule has 0 spiro atoms. The first kappa shape index (κ1) is 25.5. The van der Waals surface area contributed by atoms with Crippen LogP contribution in [0.3, 0.4) is 0 Å². The van der Waals surface area contributed by atoms with Gasteiger partial charge in [0.2, 0.25) is 5.95 Å². The minimum absolute atomic E-state index is 0.0307. The van der Waals surface area contributed by atoms with E-state index in [2.05, 4.69) is 48.1 Å². The summed E-state index contributed by atoms with van der Waals surface area (Å²) < 4.78 is 32.3. The number of anilines is 4. The van der Waals surface area contributed by atoms with Crippen LogP contribution in [0.4, 0.5) is 31.9 Å². The molecule has 5 heterocycles. The first-order chi connectivity index (χ1) is 18.8. The lowest BCUT2D eigenvalue weighted by atomic mass is 10.0. The second-order valence-corrected chi connectivity index (χ2v) is 10.7. The van der Waals surface area contributed by atoms with E-state index in [1.54, 1.807) is 6.07 Å². The highest BCUT2D eigenvalue weighted by molar-refractivity contribution is 5.82. The summed E-state index contributed by atoms with van der Waals surface area (Å²) in [4.78, 5) is 17.8. The molecule has 1 atom stereocenters. The molecule has 3 aromatic heterocycles. The monoisotopic (exact) mass is 532 g/mol. The maximum atomic E-state index is 15.1. The fourth-order valence-corrected chi connectivity index (χ4v) is 5.97. The summed E-state index contributed by atoms with van der Waals surface area (Å²) in [7, 11) is 0. The van der Waals surface area contributed by atoms with Crippen LogP contribution in [0.2, 0.25) is 0 Å². The van der Waals surface area contributed by atoms with Gasteiger partial charge in [-0.05, 0) is 70.5 Å². The number of fused-ring (bicyclic) bond motifs is 2. The van der Waals surface area contributed by atoms with E-state index in [0.29, 0.717) is 28.8 Å². The van der Waals surface area contributed by atoms with Gasteiger partial charge in [0.25, 0.3) is 0 Å². The molecule has 8 nitrogen and oxygen atoms in total. The van der Waals surface area contributed by atoms with Gasteiger partial charge in [-0.2, -0.15) is 0 Å². The average Bonchev–Trinajstić information content (AvgIpc) is 3.50. The Labute approximate surface area is 227 Å². The van der Waals surface area contributed by atoms with Crippen molar-refractivity contribution in [3.63, 3.8) is 0 Å². The van der Waals surface area contributed by atoms with Crippen molar-refractivity contribution in [2.45, 2.75) is 58.8 Å². The van der Waals surface area contributed by atoms with Gasteiger partial charge >= 0.3 is 0 Å². The molecule has 2 N–H and O–H groups in total. The van der Waals surface area contributed by atoms with Crippen LogP contribution >= 0.6 is 0 Å². The van der Waals surface area contributed by atoms with Gasteiger partial charge in [-0.15, -0.1) is 0 Å². The molecular weight excluding hydrogens is 498 g/mol. The van der Waals surface area contributed by atoms with Crippen LogP contribution in [0, 0.1) is 11.6 Å². The predicted molar refractivity (Wildman–Crippen MR) is 151 cm³/mol. The highest BCUT2D eigenvalue weighted by atomic mass is 19.1. The van der Waals surface area contributed by atoms with Gasteiger partial charge in [0.15, 0.2) is 5.82 Å². The predicted octanol–water partition coefficient (Wildman–Crippen LogP) is 6.16. The Morgan fingerprint density at radius 1 is 1.08 bits per heavy atom. The number of benzene rings is 1. The smallest absolute Gasteiger partial charge is 0.229 e. The van der Waals surface area contributed by atoms with Gasteiger partial charge in [0.05, 0.1) is 34.8 Å². The third kappa shape index (κ3) is 4.67. The Bertz CT molecular complexity index is 1510. The summed E-state index contributed by atoms with van der Waals surface area (Å²) >= 11 is 0. The van der Waals surface area contributed by atoms with Gasteiger partial charge < -0.3 is 25.0 Å².